The van der Waals surface area contributed by atoms with Crippen molar-refractivity contribution in [2.24, 2.45) is 27.9 Å². The molecule has 1 fully saturated rings. The standard InChI is InChI=1S/C72H116N16O15S/c1-3-5-7-8-9-10-11-12-13-14-15-16-20-34-63(91)88-104(100,101)44-26-35-61(89)78-40-41-102-42-43-103-49-64(92)81-55(30-6-4-2)66(94)84-57-36-37-62(90)77-38-24-23-32-54(65(74)93)82-70(98)59(46-51-48-80-53-31-22-21-29-52(51)53)86-67(95)56(33-25-39-79-72(75)76)83-69(97)58(45-50-27-18-17-19-28-50)85-71(99)60(47-73)87-68(57)96/h17-19,21-22,27-29,31,48,54-60,80H,3-16,20,23-26,30,32-47,49,73H2,1-2H3,(H2,74,93)(H,77,90)(H,78,89)(H,81,92)(H,82,98)(H,83,97)(H,84,94)(H,85,99)(H,86,95)(H,87,96)(H,88,91)(H4,75,76,79)/t54-,55-,56-,57-,58+,59-,60-/m0/s1. The average molecular weight is 1480 g/mol. The Morgan fingerprint density at radius 2 is 1.21 bits per heavy atom. The van der Waals surface area contributed by atoms with E-state index in [4.69, 9.17) is 32.4 Å². The van der Waals surface area contributed by atoms with Crippen LogP contribution < -0.4 is 75.5 Å². The highest BCUT2D eigenvalue weighted by Gasteiger charge is 2.35. The van der Waals surface area contributed by atoms with Gasteiger partial charge in [-0.05, 0) is 75.0 Å². The first-order valence-corrected chi connectivity index (χ1v) is 38.6. The zero-order valence-electron chi connectivity index (χ0n) is 60.8. The minimum Gasteiger partial charge on any atom is -0.377 e. The number of nitrogens with zero attached hydrogens (tertiary/aromatic N) is 1. The third-order valence-corrected chi connectivity index (χ3v) is 18.9. The van der Waals surface area contributed by atoms with Crippen molar-refractivity contribution in [3.63, 3.8) is 0 Å². The second-order valence-corrected chi connectivity index (χ2v) is 28.2. The van der Waals surface area contributed by atoms with Crippen molar-refractivity contribution in [1.82, 2.24) is 57.6 Å². The van der Waals surface area contributed by atoms with Gasteiger partial charge in [0.1, 0.15) is 48.9 Å². The second kappa shape index (κ2) is 50.6. The predicted molar refractivity (Wildman–Crippen MR) is 396 cm³/mol. The van der Waals surface area contributed by atoms with E-state index >= 15 is 0 Å². The summed E-state index contributed by atoms with van der Waals surface area (Å²) in [5.74, 6) is -8.80. The molecular formula is C72H116N16O15S. The van der Waals surface area contributed by atoms with Crippen LogP contribution in [0, 0.1) is 0 Å². The van der Waals surface area contributed by atoms with Crippen molar-refractivity contribution in [2.45, 2.75) is 236 Å². The molecule has 32 heteroatoms. The number of aliphatic imine (C=N–C) groups is 1. The summed E-state index contributed by atoms with van der Waals surface area (Å²) < 4.78 is 38.1. The fraction of sp³-hybridized carbons (Fsp3) is 0.639. The smallest absolute Gasteiger partial charge is 0.246 e. The lowest BCUT2D eigenvalue weighted by Gasteiger charge is -2.28. The highest BCUT2D eigenvalue weighted by molar-refractivity contribution is 7.90. The average Bonchev–Trinajstić information content (AvgIpc) is 1.74. The fourth-order valence-electron chi connectivity index (χ4n) is 11.7. The number of hydrogen-bond acceptors (Lipinski definition) is 17. The van der Waals surface area contributed by atoms with E-state index in [0.29, 0.717) is 36.8 Å². The molecule has 4 rings (SSSR count). The summed E-state index contributed by atoms with van der Waals surface area (Å²) in [6.07, 6.45) is 17.6. The number of guanidine groups is 1. The molecule has 2 aromatic carbocycles. The van der Waals surface area contributed by atoms with Gasteiger partial charge in [0, 0.05) is 75.4 Å². The fourth-order valence-corrected chi connectivity index (χ4v) is 12.8. The van der Waals surface area contributed by atoms with E-state index in [2.05, 4.69) is 69.5 Å². The van der Waals surface area contributed by atoms with Gasteiger partial charge in [-0.1, -0.05) is 152 Å². The van der Waals surface area contributed by atoms with E-state index < -0.39 is 130 Å². The number of primary amides is 1. The van der Waals surface area contributed by atoms with Crippen LogP contribution in [-0.2, 0) is 85.1 Å². The molecule has 0 spiro atoms. The Morgan fingerprint density at radius 1 is 0.615 bits per heavy atom. The number of hydrogen-bond donors (Lipinski definition) is 15. The van der Waals surface area contributed by atoms with Crippen LogP contribution in [-0.4, -0.2) is 185 Å². The van der Waals surface area contributed by atoms with Gasteiger partial charge >= 0.3 is 0 Å². The number of benzene rings is 2. The van der Waals surface area contributed by atoms with Gasteiger partial charge in [0.25, 0.3) is 0 Å². The lowest BCUT2D eigenvalue weighted by molar-refractivity contribution is -0.136. The molecule has 19 N–H and O–H groups in total. The van der Waals surface area contributed by atoms with Gasteiger partial charge in [0.2, 0.25) is 75.0 Å². The number of aromatic nitrogens is 1. The first-order valence-electron chi connectivity index (χ1n) is 37.0. The van der Waals surface area contributed by atoms with Gasteiger partial charge in [0.05, 0.1) is 25.6 Å². The molecule has 1 aliphatic heterocycles. The SMILES string of the molecule is CCCCCCCCCCCCCCCC(=O)NS(=O)(=O)CCCC(=O)NCCOCCOCC(=O)N[C@@H](CCCC)C(=O)N[C@H]1CCC(=O)NCCCC[C@@H](C(N)=O)NC(=O)[C@H](Cc2c[nH]c3ccccc23)NC(=O)[C@H](CCCN=C(N)N)NC(=O)[C@@H](Cc2ccccc2)NC(=O)[C@H](CN)NC1=O. The molecule has 1 aromatic heterocycles. The summed E-state index contributed by atoms with van der Waals surface area (Å²) in [4.78, 5) is 158. The van der Waals surface area contributed by atoms with Gasteiger partial charge in [-0.15, -0.1) is 0 Å². The summed E-state index contributed by atoms with van der Waals surface area (Å²) in [6, 6.07) is 6.19. The van der Waals surface area contributed by atoms with Crippen LogP contribution in [0.1, 0.15) is 192 Å². The van der Waals surface area contributed by atoms with E-state index in [1.165, 1.54) is 57.8 Å². The number of H-pyrrole nitrogens is 1. The number of aromatic amines is 1. The third-order valence-electron chi connectivity index (χ3n) is 17.6. The number of carbonyl (C=O) groups is 11. The third kappa shape index (κ3) is 36.6. The number of para-hydroxylation sites is 1. The lowest BCUT2D eigenvalue weighted by atomic mass is 10.0. The zero-order valence-corrected chi connectivity index (χ0v) is 61.6. The first kappa shape index (κ1) is 87.7. The van der Waals surface area contributed by atoms with Gasteiger partial charge < -0.3 is 85.2 Å². The molecule has 3 aromatic rings. The number of rotatable bonds is 43. The van der Waals surface area contributed by atoms with Gasteiger partial charge in [0.15, 0.2) is 5.96 Å². The molecule has 1 aliphatic rings. The second-order valence-electron chi connectivity index (χ2n) is 26.3. The summed E-state index contributed by atoms with van der Waals surface area (Å²) in [7, 11) is -3.90. The van der Waals surface area contributed by atoms with Crippen LogP contribution in [0.25, 0.3) is 10.9 Å². The Labute approximate surface area is 611 Å². The van der Waals surface area contributed by atoms with Gasteiger partial charge in [-0.25, -0.2) is 8.42 Å². The molecular weight excluding hydrogens is 1360 g/mol. The predicted octanol–water partition coefficient (Wildman–Crippen LogP) is 1.97. The van der Waals surface area contributed by atoms with Crippen molar-refractivity contribution in [2.75, 3.05) is 58.4 Å². The normalized spacial score (nSPS) is 18.8. The Hall–Kier alpha value is -8.75. The number of ether oxygens (including phenoxy) is 2. The molecule has 0 saturated carbocycles. The number of nitrogens with two attached hydrogens (primary N) is 4. The number of carbonyl (C=O) groups excluding carboxylic acids is 11. The number of nitrogens with one attached hydrogen (secondary N) is 11. The van der Waals surface area contributed by atoms with Crippen LogP contribution in [0.2, 0.25) is 0 Å². The number of fused-ring (bicyclic) bond motifs is 1. The van der Waals surface area contributed by atoms with Crippen molar-refractivity contribution in [3.05, 3.63) is 71.9 Å². The van der Waals surface area contributed by atoms with E-state index in [9.17, 15) is 61.2 Å². The molecule has 2 heterocycles. The quantitative estimate of drug-likeness (QED) is 0.0219. The highest BCUT2D eigenvalue weighted by atomic mass is 32.2. The molecule has 7 atom stereocenters. The summed E-state index contributed by atoms with van der Waals surface area (Å²) in [5, 5.41) is 24.9. The monoisotopic (exact) mass is 1480 g/mol. The molecule has 1 saturated heterocycles. The summed E-state index contributed by atoms with van der Waals surface area (Å²) in [5.41, 5.74) is 25.2. The van der Waals surface area contributed by atoms with Crippen molar-refractivity contribution >= 4 is 91.9 Å². The van der Waals surface area contributed by atoms with E-state index in [-0.39, 0.29) is 128 Å². The first-order chi connectivity index (χ1) is 50.0. The number of amides is 11. The molecule has 11 amide bonds. The maximum absolute atomic E-state index is 14.7. The van der Waals surface area contributed by atoms with Crippen molar-refractivity contribution < 1.29 is 70.6 Å². The molecule has 0 unspecified atom stereocenters. The Balaban J connectivity index is 1.37. The Kier molecular flexibility index (Phi) is 42.7. The van der Waals surface area contributed by atoms with E-state index in [1.54, 1.807) is 36.5 Å². The molecule has 0 radical (unpaired) electrons. The molecule has 104 heavy (non-hydrogen) atoms. The van der Waals surface area contributed by atoms with Crippen LogP contribution in [0.15, 0.2) is 65.8 Å². The minimum atomic E-state index is -3.90. The molecule has 0 aliphatic carbocycles. The molecule has 31 nitrogen and oxygen atoms in total. The minimum absolute atomic E-state index is 0.000429. The summed E-state index contributed by atoms with van der Waals surface area (Å²) >= 11 is 0. The lowest BCUT2D eigenvalue weighted by Crippen LogP contribution is -2.61. The van der Waals surface area contributed by atoms with Crippen LogP contribution >= 0.6 is 0 Å². The van der Waals surface area contributed by atoms with Crippen LogP contribution in [0.5, 0.6) is 0 Å². The summed E-state index contributed by atoms with van der Waals surface area (Å²) in [6.45, 7) is 3.28. The van der Waals surface area contributed by atoms with Gasteiger partial charge in [-0.2, -0.15) is 0 Å². The van der Waals surface area contributed by atoms with Gasteiger partial charge in [-0.3, -0.25) is 62.5 Å². The van der Waals surface area contributed by atoms with Crippen molar-refractivity contribution in [3.8, 4) is 0 Å². The van der Waals surface area contributed by atoms with Crippen molar-refractivity contribution in [1.29, 1.82) is 0 Å². The number of unbranched alkanes of at least 4 members (excludes halogenated alkanes) is 13. The van der Waals surface area contributed by atoms with E-state index in [1.807, 2.05) is 31.2 Å². The Morgan fingerprint density at radius 3 is 1.88 bits per heavy atom. The number of sulfonamides is 1. The maximum Gasteiger partial charge on any atom is 0.246 e. The highest BCUT2D eigenvalue weighted by Crippen LogP contribution is 2.21. The van der Waals surface area contributed by atoms with Crippen LogP contribution in [0.3, 0.4) is 0 Å². The van der Waals surface area contributed by atoms with E-state index in [0.717, 1.165) is 30.2 Å². The Bertz CT molecular complexity index is 3300. The zero-order chi connectivity index (χ0) is 75.9. The molecule has 580 valence electrons. The largest absolute Gasteiger partial charge is 0.377 e. The topological polar surface area (TPSA) is 493 Å². The van der Waals surface area contributed by atoms with Crippen LogP contribution in [0.4, 0.5) is 0 Å². The molecule has 0 bridgehead atoms. The maximum atomic E-state index is 14.7.